The van der Waals surface area contributed by atoms with Gasteiger partial charge in [0.1, 0.15) is 17.2 Å². The molecule has 0 aliphatic heterocycles. The number of ether oxygens (including phenoxy) is 3. The molecule has 0 radical (unpaired) electrons. The predicted octanol–water partition coefficient (Wildman–Crippen LogP) is 5.03. The summed E-state index contributed by atoms with van der Waals surface area (Å²) in [4.78, 5) is 12.1. The highest BCUT2D eigenvalue weighted by Crippen LogP contribution is 2.19. The maximum Gasteiger partial charge on any atom is 0.343 e. The van der Waals surface area contributed by atoms with Gasteiger partial charge >= 0.3 is 5.97 Å². The topological polar surface area (TPSA) is 70.8 Å². The van der Waals surface area contributed by atoms with Gasteiger partial charge in [-0.05, 0) is 80.4 Å². The summed E-state index contributed by atoms with van der Waals surface area (Å²) in [6.07, 6.45) is 1.80. The van der Waals surface area contributed by atoms with E-state index in [1.54, 1.807) is 48.5 Å². The van der Waals surface area contributed by atoms with Crippen LogP contribution in [0.3, 0.4) is 0 Å². The maximum atomic E-state index is 12.1. The quantitative estimate of drug-likeness (QED) is 0.240. The summed E-state index contributed by atoms with van der Waals surface area (Å²) in [6.45, 7) is 3.31. The number of nitrogen functional groups attached to an aromatic ring is 1. The van der Waals surface area contributed by atoms with Gasteiger partial charge < -0.3 is 19.9 Å². The standard InChI is InChI=1S/C24H25NO4/c1-18-4-10-21(11-5-18)27-16-2-3-17-28-22-12-14-23(15-13-22)29-24(26)19-6-8-20(25)9-7-19/h4-15H,2-3,16-17,25H2,1H3. The molecular weight excluding hydrogens is 366 g/mol. The maximum absolute atomic E-state index is 12.1. The lowest BCUT2D eigenvalue weighted by atomic mass is 10.2. The molecule has 0 aliphatic carbocycles. The van der Waals surface area contributed by atoms with Crippen LogP contribution in [-0.2, 0) is 0 Å². The van der Waals surface area contributed by atoms with Crippen LogP contribution in [0.5, 0.6) is 17.2 Å². The minimum Gasteiger partial charge on any atom is -0.494 e. The zero-order chi connectivity index (χ0) is 20.5. The Morgan fingerprint density at radius 3 is 1.76 bits per heavy atom. The summed E-state index contributed by atoms with van der Waals surface area (Å²) in [6, 6.07) is 21.6. The number of carbonyl (C=O) groups excluding carboxylic acids is 1. The van der Waals surface area contributed by atoms with Crippen molar-refractivity contribution >= 4 is 11.7 Å². The first-order valence-electron chi connectivity index (χ1n) is 9.60. The highest BCUT2D eigenvalue weighted by Gasteiger charge is 2.08. The number of anilines is 1. The third-order valence-electron chi connectivity index (χ3n) is 4.28. The zero-order valence-corrected chi connectivity index (χ0v) is 16.5. The molecular formula is C24H25NO4. The van der Waals surface area contributed by atoms with Gasteiger partial charge in [-0.25, -0.2) is 4.79 Å². The first kappa shape index (κ1) is 20.3. The van der Waals surface area contributed by atoms with Crippen molar-refractivity contribution < 1.29 is 19.0 Å². The second kappa shape index (κ2) is 10.2. The predicted molar refractivity (Wildman–Crippen MR) is 114 cm³/mol. The first-order valence-corrected chi connectivity index (χ1v) is 9.60. The fourth-order valence-corrected chi connectivity index (χ4v) is 2.61. The molecule has 0 aromatic heterocycles. The highest BCUT2D eigenvalue weighted by molar-refractivity contribution is 5.91. The van der Waals surface area contributed by atoms with E-state index in [4.69, 9.17) is 19.9 Å². The van der Waals surface area contributed by atoms with Crippen LogP contribution in [0, 0.1) is 6.92 Å². The van der Waals surface area contributed by atoms with E-state index >= 15 is 0 Å². The Labute approximate surface area is 171 Å². The van der Waals surface area contributed by atoms with Crippen molar-refractivity contribution in [1.82, 2.24) is 0 Å². The lowest BCUT2D eigenvalue weighted by molar-refractivity contribution is 0.0734. The van der Waals surface area contributed by atoms with Crippen LogP contribution >= 0.6 is 0 Å². The van der Waals surface area contributed by atoms with Crippen LogP contribution < -0.4 is 19.9 Å². The van der Waals surface area contributed by atoms with Crippen LogP contribution in [0.15, 0.2) is 72.8 Å². The number of hydrogen-bond donors (Lipinski definition) is 1. The van der Waals surface area contributed by atoms with Crippen molar-refractivity contribution in [3.8, 4) is 17.2 Å². The Morgan fingerprint density at radius 2 is 1.21 bits per heavy atom. The van der Waals surface area contributed by atoms with Gasteiger partial charge in [0.2, 0.25) is 0 Å². The van der Waals surface area contributed by atoms with Crippen molar-refractivity contribution in [2.24, 2.45) is 0 Å². The minimum atomic E-state index is -0.424. The fraction of sp³-hybridized carbons (Fsp3) is 0.208. The lowest BCUT2D eigenvalue weighted by Crippen LogP contribution is -2.08. The molecule has 150 valence electrons. The van der Waals surface area contributed by atoms with Gasteiger partial charge in [0.25, 0.3) is 0 Å². The van der Waals surface area contributed by atoms with Gasteiger partial charge in [0.05, 0.1) is 18.8 Å². The number of benzene rings is 3. The molecule has 3 aromatic carbocycles. The zero-order valence-electron chi connectivity index (χ0n) is 16.5. The van der Waals surface area contributed by atoms with Gasteiger partial charge in [-0.2, -0.15) is 0 Å². The molecule has 29 heavy (non-hydrogen) atoms. The second-order valence-corrected chi connectivity index (χ2v) is 6.70. The van der Waals surface area contributed by atoms with E-state index in [9.17, 15) is 4.79 Å². The van der Waals surface area contributed by atoms with Crippen LogP contribution in [0.25, 0.3) is 0 Å². The molecule has 0 unspecified atom stereocenters. The van der Waals surface area contributed by atoms with E-state index < -0.39 is 5.97 Å². The Kier molecular flexibility index (Phi) is 7.11. The molecule has 0 saturated heterocycles. The minimum absolute atomic E-state index is 0.424. The highest BCUT2D eigenvalue weighted by atomic mass is 16.5. The molecule has 0 atom stereocenters. The number of unbranched alkanes of at least 4 members (excludes halogenated alkanes) is 1. The monoisotopic (exact) mass is 391 g/mol. The van der Waals surface area contributed by atoms with Crippen molar-refractivity contribution in [3.05, 3.63) is 83.9 Å². The second-order valence-electron chi connectivity index (χ2n) is 6.70. The number of rotatable bonds is 9. The van der Waals surface area contributed by atoms with Gasteiger partial charge in [-0.15, -0.1) is 0 Å². The Bertz CT molecular complexity index is 903. The number of aryl methyl sites for hydroxylation is 1. The molecule has 0 spiro atoms. The summed E-state index contributed by atoms with van der Waals surface area (Å²) in [7, 11) is 0. The summed E-state index contributed by atoms with van der Waals surface area (Å²) >= 11 is 0. The number of carbonyl (C=O) groups is 1. The average molecular weight is 391 g/mol. The number of esters is 1. The van der Waals surface area contributed by atoms with Crippen LogP contribution in [0.4, 0.5) is 5.69 Å². The van der Waals surface area contributed by atoms with Crippen LogP contribution in [0.1, 0.15) is 28.8 Å². The van der Waals surface area contributed by atoms with Crippen LogP contribution in [-0.4, -0.2) is 19.2 Å². The van der Waals surface area contributed by atoms with Gasteiger partial charge in [-0.3, -0.25) is 0 Å². The van der Waals surface area contributed by atoms with E-state index in [1.165, 1.54) is 5.56 Å². The van der Waals surface area contributed by atoms with Crippen molar-refractivity contribution in [2.75, 3.05) is 18.9 Å². The average Bonchev–Trinajstić information content (AvgIpc) is 2.73. The molecule has 3 aromatic rings. The summed E-state index contributed by atoms with van der Waals surface area (Å²) in [5.41, 5.74) is 7.89. The molecule has 0 saturated carbocycles. The third-order valence-corrected chi connectivity index (χ3v) is 4.28. The number of nitrogens with two attached hydrogens (primary N) is 1. The van der Waals surface area contributed by atoms with Crippen molar-refractivity contribution in [3.63, 3.8) is 0 Å². The number of hydrogen-bond acceptors (Lipinski definition) is 5. The molecule has 0 bridgehead atoms. The van der Waals surface area contributed by atoms with Crippen molar-refractivity contribution in [1.29, 1.82) is 0 Å². The Hall–Kier alpha value is -3.47. The lowest BCUT2D eigenvalue weighted by Gasteiger charge is -2.09. The normalized spacial score (nSPS) is 10.4. The van der Waals surface area contributed by atoms with E-state index in [0.29, 0.717) is 30.2 Å². The molecule has 5 nitrogen and oxygen atoms in total. The molecule has 0 fully saturated rings. The van der Waals surface area contributed by atoms with E-state index in [-0.39, 0.29) is 0 Å². The van der Waals surface area contributed by atoms with E-state index in [0.717, 1.165) is 24.3 Å². The molecule has 0 amide bonds. The first-order chi connectivity index (χ1) is 14.1. The SMILES string of the molecule is Cc1ccc(OCCCCOc2ccc(OC(=O)c3ccc(N)cc3)cc2)cc1. The van der Waals surface area contributed by atoms with E-state index in [2.05, 4.69) is 6.92 Å². The Morgan fingerprint density at radius 1 is 0.724 bits per heavy atom. The summed E-state index contributed by atoms with van der Waals surface area (Å²) in [5, 5.41) is 0. The molecule has 2 N–H and O–H groups in total. The molecule has 0 aliphatic rings. The van der Waals surface area contributed by atoms with E-state index in [1.807, 2.05) is 24.3 Å². The van der Waals surface area contributed by atoms with Crippen molar-refractivity contribution in [2.45, 2.75) is 19.8 Å². The largest absolute Gasteiger partial charge is 0.494 e. The van der Waals surface area contributed by atoms with Gasteiger partial charge in [-0.1, -0.05) is 17.7 Å². The summed E-state index contributed by atoms with van der Waals surface area (Å²) < 4.78 is 16.8. The van der Waals surface area contributed by atoms with Gasteiger partial charge in [0, 0.05) is 5.69 Å². The van der Waals surface area contributed by atoms with Gasteiger partial charge in [0.15, 0.2) is 0 Å². The molecule has 3 rings (SSSR count). The Balaban J connectivity index is 1.35. The fourth-order valence-electron chi connectivity index (χ4n) is 2.61. The smallest absolute Gasteiger partial charge is 0.343 e. The summed E-state index contributed by atoms with van der Waals surface area (Å²) in [5.74, 6) is 1.66. The van der Waals surface area contributed by atoms with Crippen LogP contribution in [0.2, 0.25) is 0 Å². The molecule has 5 heteroatoms. The third kappa shape index (κ3) is 6.57. The molecule has 0 heterocycles.